The highest BCUT2D eigenvalue weighted by molar-refractivity contribution is 5.83. The van der Waals surface area contributed by atoms with E-state index in [-0.39, 0.29) is 0 Å². The van der Waals surface area contributed by atoms with Gasteiger partial charge in [-0.2, -0.15) is 0 Å². The number of benzene rings is 1. The molecule has 0 fully saturated rings. The minimum Gasteiger partial charge on any atom is -0.341 e. The maximum absolute atomic E-state index is 3.07. The SMILES string of the molecule is CCC#C/C=C\c1cc2ccccc2n1CCCC. The molecule has 0 spiro atoms. The van der Waals surface area contributed by atoms with Crippen molar-refractivity contribution in [3.8, 4) is 11.8 Å². The average molecular weight is 251 g/mol. The molecule has 1 aromatic heterocycles. The minimum atomic E-state index is 0.906. The zero-order chi connectivity index (χ0) is 13.5. The Balaban J connectivity index is 2.37. The van der Waals surface area contributed by atoms with Crippen LogP contribution in [0.5, 0.6) is 0 Å². The van der Waals surface area contributed by atoms with E-state index in [0.29, 0.717) is 0 Å². The van der Waals surface area contributed by atoms with E-state index in [1.807, 2.05) is 6.08 Å². The standard InChI is InChI=1S/C18H21N/c1-3-5-7-8-12-17-15-16-11-9-10-13-18(16)19(17)14-6-4-2/h8-13,15H,3-4,6,14H2,1-2H3/b12-8-. The number of aryl methyl sites for hydroxylation is 1. The first kappa shape index (κ1) is 13.5. The number of fused-ring (bicyclic) bond motifs is 1. The third kappa shape index (κ3) is 3.29. The molecule has 0 saturated heterocycles. The maximum Gasteiger partial charge on any atom is 0.0485 e. The first-order chi connectivity index (χ1) is 9.36. The summed E-state index contributed by atoms with van der Waals surface area (Å²) in [6.45, 7) is 5.37. The van der Waals surface area contributed by atoms with Gasteiger partial charge in [-0.1, -0.05) is 50.3 Å². The largest absolute Gasteiger partial charge is 0.341 e. The monoisotopic (exact) mass is 251 g/mol. The van der Waals surface area contributed by atoms with E-state index in [1.165, 1.54) is 29.4 Å². The zero-order valence-electron chi connectivity index (χ0n) is 11.8. The lowest BCUT2D eigenvalue weighted by Gasteiger charge is -2.07. The molecular formula is C18H21N. The van der Waals surface area contributed by atoms with E-state index in [0.717, 1.165) is 13.0 Å². The van der Waals surface area contributed by atoms with Gasteiger partial charge in [-0.05, 0) is 30.7 Å². The van der Waals surface area contributed by atoms with Gasteiger partial charge in [0.05, 0.1) is 0 Å². The number of aromatic nitrogens is 1. The Morgan fingerprint density at radius 1 is 1.21 bits per heavy atom. The van der Waals surface area contributed by atoms with Gasteiger partial charge in [0, 0.05) is 29.6 Å². The van der Waals surface area contributed by atoms with Crippen LogP contribution in [-0.2, 0) is 6.54 Å². The Morgan fingerprint density at radius 2 is 2.05 bits per heavy atom. The molecule has 1 heterocycles. The lowest BCUT2D eigenvalue weighted by molar-refractivity contribution is 0.646. The Kier molecular flexibility index (Phi) is 4.86. The Bertz CT molecular complexity index is 620. The van der Waals surface area contributed by atoms with Crippen LogP contribution >= 0.6 is 0 Å². The molecule has 0 N–H and O–H groups in total. The number of rotatable bonds is 4. The number of para-hydroxylation sites is 1. The van der Waals surface area contributed by atoms with Crippen LogP contribution in [0.4, 0.5) is 0 Å². The summed E-state index contributed by atoms with van der Waals surface area (Å²) < 4.78 is 2.39. The molecule has 0 amide bonds. The van der Waals surface area contributed by atoms with E-state index in [4.69, 9.17) is 0 Å². The van der Waals surface area contributed by atoms with Crippen LogP contribution in [0.2, 0.25) is 0 Å². The lowest BCUT2D eigenvalue weighted by Crippen LogP contribution is -1.99. The zero-order valence-corrected chi connectivity index (χ0v) is 11.8. The van der Waals surface area contributed by atoms with Crippen LogP contribution in [0.15, 0.2) is 36.4 Å². The number of hydrogen-bond donors (Lipinski definition) is 0. The van der Waals surface area contributed by atoms with Crippen LogP contribution in [-0.4, -0.2) is 4.57 Å². The van der Waals surface area contributed by atoms with Gasteiger partial charge in [0.1, 0.15) is 0 Å². The Hall–Kier alpha value is -1.94. The predicted molar refractivity (Wildman–Crippen MR) is 83.9 cm³/mol. The summed E-state index contributed by atoms with van der Waals surface area (Å²) in [4.78, 5) is 0. The third-order valence-electron chi connectivity index (χ3n) is 3.19. The van der Waals surface area contributed by atoms with Crippen LogP contribution in [0.3, 0.4) is 0 Å². The molecule has 0 aliphatic carbocycles. The molecule has 98 valence electrons. The van der Waals surface area contributed by atoms with Gasteiger partial charge in [0.2, 0.25) is 0 Å². The van der Waals surface area contributed by atoms with Gasteiger partial charge in [-0.15, -0.1) is 0 Å². The number of hydrogen-bond acceptors (Lipinski definition) is 0. The van der Waals surface area contributed by atoms with Crippen molar-refractivity contribution in [2.75, 3.05) is 0 Å². The van der Waals surface area contributed by atoms with Crippen molar-refractivity contribution < 1.29 is 0 Å². The fourth-order valence-electron chi connectivity index (χ4n) is 2.22. The van der Waals surface area contributed by atoms with E-state index in [2.05, 4.69) is 66.7 Å². The second-order valence-corrected chi connectivity index (χ2v) is 4.64. The summed E-state index contributed by atoms with van der Waals surface area (Å²) >= 11 is 0. The molecule has 19 heavy (non-hydrogen) atoms. The van der Waals surface area contributed by atoms with Gasteiger partial charge in [-0.25, -0.2) is 0 Å². The minimum absolute atomic E-state index is 0.906. The van der Waals surface area contributed by atoms with Crippen molar-refractivity contribution in [2.45, 2.75) is 39.7 Å². The number of nitrogens with zero attached hydrogens (tertiary/aromatic N) is 1. The van der Waals surface area contributed by atoms with Crippen molar-refractivity contribution in [2.24, 2.45) is 0 Å². The fraction of sp³-hybridized carbons (Fsp3) is 0.333. The smallest absolute Gasteiger partial charge is 0.0485 e. The first-order valence-corrected chi connectivity index (χ1v) is 7.10. The maximum atomic E-state index is 3.07. The highest BCUT2D eigenvalue weighted by atomic mass is 15.0. The molecule has 0 aliphatic heterocycles. The second kappa shape index (κ2) is 6.85. The first-order valence-electron chi connectivity index (χ1n) is 7.10. The van der Waals surface area contributed by atoms with Crippen molar-refractivity contribution in [1.82, 2.24) is 4.57 Å². The van der Waals surface area contributed by atoms with Crippen LogP contribution in [0, 0.1) is 11.8 Å². The second-order valence-electron chi connectivity index (χ2n) is 4.64. The van der Waals surface area contributed by atoms with Gasteiger partial charge < -0.3 is 4.57 Å². The molecule has 0 saturated carbocycles. The summed E-state index contributed by atoms with van der Waals surface area (Å²) in [7, 11) is 0. The summed E-state index contributed by atoms with van der Waals surface area (Å²) in [5.74, 6) is 6.14. The summed E-state index contributed by atoms with van der Waals surface area (Å²) in [5.41, 5.74) is 2.57. The van der Waals surface area contributed by atoms with E-state index < -0.39 is 0 Å². The summed E-state index contributed by atoms with van der Waals surface area (Å²) in [6.07, 6.45) is 7.41. The Labute approximate surface area is 115 Å². The molecular weight excluding hydrogens is 230 g/mol. The highest BCUT2D eigenvalue weighted by Gasteiger charge is 2.05. The molecule has 1 heteroatoms. The van der Waals surface area contributed by atoms with E-state index >= 15 is 0 Å². The fourth-order valence-corrected chi connectivity index (χ4v) is 2.22. The predicted octanol–water partition coefficient (Wildman–Crippen LogP) is 4.87. The van der Waals surface area contributed by atoms with Crippen molar-refractivity contribution in [3.05, 3.63) is 42.1 Å². The molecule has 0 bridgehead atoms. The molecule has 2 aromatic rings. The average Bonchev–Trinajstić information content (AvgIpc) is 2.79. The van der Waals surface area contributed by atoms with Gasteiger partial charge >= 0.3 is 0 Å². The molecule has 2 rings (SSSR count). The number of unbranched alkanes of at least 4 members (excludes halogenated alkanes) is 1. The van der Waals surface area contributed by atoms with Crippen LogP contribution < -0.4 is 0 Å². The summed E-state index contributed by atoms with van der Waals surface area (Å²) in [6, 6.07) is 10.8. The topological polar surface area (TPSA) is 4.93 Å². The molecule has 0 aliphatic rings. The lowest BCUT2D eigenvalue weighted by atomic mass is 10.2. The molecule has 1 aromatic carbocycles. The van der Waals surface area contributed by atoms with Gasteiger partial charge in [0.15, 0.2) is 0 Å². The van der Waals surface area contributed by atoms with Crippen molar-refractivity contribution in [3.63, 3.8) is 0 Å². The number of allylic oxidation sites excluding steroid dienone is 1. The van der Waals surface area contributed by atoms with Crippen LogP contribution in [0.25, 0.3) is 17.0 Å². The third-order valence-corrected chi connectivity index (χ3v) is 3.19. The molecule has 0 atom stereocenters. The normalized spacial score (nSPS) is 10.8. The quantitative estimate of drug-likeness (QED) is 0.683. The summed E-state index contributed by atoms with van der Waals surface area (Å²) in [5, 5.41) is 1.31. The van der Waals surface area contributed by atoms with Gasteiger partial charge in [0.25, 0.3) is 0 Å². The molecule has 0 unspecified atom stereocenters. The van der Waals surface area contributed by atoms with Crippen molar-refractivity contribution in [1.29, 1.82) is 0 Å². The van der Waals surface area contributed by atoms with Crippen LogP contribution in [0.1, 0.15) is 38.8 Å². The molecule has 1 nitrogen and oxygen atoms in total. The van der Waals surface area contributed by atoms with E-state index in [9.17, 15) is 0 Å². The van der Waals surface area contributed by atoms with Crippen molar-refractivity contribution >= 4 is 17.0 Å². The van der Waals surface area contributed by atoms with Gasteiger partial charge in [-0.3, -0.25) is 0 Å². The van der Waals surface area contributed by atoms with E-state index in [1.54, 1.807) is 0 Å². The highest BCUT2D eigenvalue weighted by Crippen LogP contribution is 2.21. The Morgan fingerprint density at radius 3 is 2.84 bits per heavy atom. The molecule has 0 radical (unpaired) electrons.